The molecule has 0 aromatic heterocycles. The van der Waals surface area contributed by atoms with Crippen molar-refractivity contribution in [2.24, 2.45) is 0 Å². The van der Waals surface area contributed by atoms with Crippen LogP contribution < -0.4 is 5.32 Å². The van der Waals surface area contributed by atoms with Crippen LogP contribution in [-0.2, 0) is 10.3 Å². The van der Waals surface area contributed by atoms with Gasteiger partial charge in [0.05, 0.1) is 12.2 Å². The first-order valence-corrected chi connectivity index (χ1v) is 5.66. The molecule has 0 heterocycles. The zero-order valence-electron chi connectivity index (χ0n) is 10.5. The van der Waals surface area contributed by atoms with Crippen molar-refractivity contribution in [3.63, 3.8) is 0 Å². The third-order valence-corrected chi connectivity index (χ3v) is 2.68. The van der Waals surface area contributed by atoms with Crippen LogP contribution >= 0.6 is 0 Å². The second-order valence-corrected chi connectivity index (χ2v) is 4.52. The maximum Gasteiger partial charge on any atom is 0.123 e. The molecule has 2 unspecified atom stereocenters. The third-order valence-electron chi connectivity index (χ3n) is 2.68. The molecule has 3 nitrogen and oxygen atoms in total. The topological polar surface area (TPSA) is 41.5 Å². The van der Waals surface area contributed by atoms with E-state index in [4.69, 9.17) is 4.74 Å². The monoisotopic (exact) mass is 241 g/mol. The van der Waals surface area contributed by atoms with Crippen LogP contribution in [0.5, 0.6) is 0 Å². The van der Waals surface area contributed by atoms with E-state index in [0.717, 1.165) is 0 Å². The molecule has 0 amide bonds. The molecule has 0 aliphatic rings. The Morgan fingerprint density at radius 1 is 1.41 bits per heavy atom. The lowest BCUT2D eigenvalue weighted by atomic mass is 9.96. The van der Waals surface area contributed by atoms with Gasteiger partial charge in [-0.3, -0.25) is 0 Å². The lowest BCUT2D eigenvalue weighted by Crippen LogP contribution is -2.41. The van der Waals surface area contributed by atoms with Gasteiger partial charge in [0.25, 0.3) is 0 Å². The molecule has 2 N–H and O–H groups in total. The van der Waals surface area contributed by atoms with Crippen LogP contribution in [-0.4, -0.2) is 31.4 Å². The van der Waals surface area contributed by atoms with Crippen molar-refractivity contribution in [1.82, 2.24) is 5.32 Å². The highest BCUT2D eigenvalue weighted by Gasteiger charge is 2.23. The minimum Gasteiger partial charge on any atom is -0.384 e. The minimum absolute atomic E-state index is 0.159. The molecule has 96 valence electrons. The van der Waals surface area contributed by atoms with E-state index in [0.29, 0.717) is 18.7 Å². The quantitative estimate of drug-likeness (QED) is 0.796. The molecule has 0 radical (unpaired) electrons. The molecular weight excluding hydrogens is 221 g/mol. The fraction of sp³-hybridized carbons (Fsp3) is 0.538. The Kier molecular flexibility index (Phi) is 5.05. The fourth-order valence-electron chi connectivity index (χ4n) is 1.59. The van der Waals surface area contributed by atoms with Crippen molar-refractivity contribution in [3.8, 4) is 0 Å². The summed E-state index contributed by atoms with van der Waals surface area (Å²) in [6.45, 7) is 4.65. The molecule has 4 heteroatoms. The molecule has 1 rings (SSSR count). The first-order chi connectivity index (χ1) is 7.95. The Bertz CT molecular complexity index is 338. The third kappa shape index (κ3) is 4.42. The average molecular weight is 241 g/mol. The summed E-state index contributed by atoms with van der Waals surface area (Å²) < 4.78 is 17.8. The Morgan fingerprint density at radius 2 is 2.00 bits per heavy atom. The van der Waals surface area contributed by atoms with Crippen LogP contribution in [0.4, 0.5) is 4.39 Å². The average Bonchev–Trinajstić information content (AvgIpc) is 2.28. The number of hydrogen-bond donors (Lipinski definition) is 2. The zero-order chi connectivity index (χ0) is 12.9. The highest BCUT2D eigenvalue weighted by Crippen LogP contribution is 2.19. The van der Waals surface area contributed by atoms with Crippen molar-refractivity contribution in [2.75, 3.05) is 20.3 Å². The second kappa shape index (κ2) is 6.10. The lowest BCUT2D eigenvalue weighted by Gasteiger charge is -2.26. The Labute approximate surface area is 102 Å². The van der Waals surface area contributed by atoms with Gasteiger partial charge in [0.15, 0.2) is 0 Å². The predicted molar refractivity (Wildman–Crippen MR) is 65.3 cm³/mol. The van der Waals surface area contributed by atoms with E-state index >= 15 is 0 Å². The summed E-state index contributed by atoms with van der Waals surface area (Å²) in [5.74, 6) is -0.301. The van der Waals surface area contributed by atoms with Crippen molar-refractivity contribution < 1.29 is 14.2 Å². The number of benzene rings is 1. The zero-order valence-corrected chi connectivity index (χ0v) is 10.5. The summed E-state index contributed by atoms with van der Waals surface area (Å²) in [5, 5.41) is 13.4. The van der Waals surface area contributed by atoms with Crippen molar-refractivity contribution >= 4 is 0 Å². The van der Waals surface area contributed by atoms with Gasteiger partial charge in [-0.05, 0) is 31.5 Å². The van der Waals surface area contributed by atoms with Crippen LogP contribution in [0.25, 0.3) is 0 Å². The van der Waals surface area contributed by atoms with E-state index in [9.17, 15) is 9.50 Å². The van der Waals surface area contributed by atoms with Crippen molar-refractivity contribution in [3.05, 3.63) is 35.6 Å². The second-order valence-electron chi connectivity index (χ2n) is 4.52. The molecule has 17 heavy (non-hydrogen) atoms. The molecule has 0 aliphatic heterocycles. The first-order valence-electron chi connectivity index (χ1n) is 5.66. The number of methoxy groups -OCH3 is 1. The highest BCUT2D eigenvalue weighted by atomic mass is 19.1. The Morgan fingerprint density at radius 3 is 2.53 bits per heavy atom. The number of rotatable bonds is 6. The van der Waals surface area contributed by atoms with E-state index in [1.54, 1.807) is 26.2 Å². The van der Waals surface area contributed by atoms with E-state index in [1.165, 1.54) is 12.1 Å². The van der Waals surface area contributed by atoms with Crippen LogP contribution in [0.3, 0.4) is 0 Å². The number of aliphatic hydroxyl groups is 1. The standard InChI is InChI=1S/C13H20FNO2/c1-10(8-17-3)15-9-13(2,16)11-4-6-12(14)7-5-11/h4-7,10,15-16H,8-9H2,1-3H3. The SMILES string of the molecule is COCC(C)NCC(C)(O)c1ccc(F)cc1. The summed E-state index contributed by atoms with van der Waals surface area (Å²) in [5.41, 5.74) is -0.327. The van der Waals surface area contributed by atoms with Gasteiger partial charge in [-0.15, -0.1) is 0 Å². The van der Waals surface area contributed by atoms with E-state index < -0.39 is 5.60 Å². The van der Waals surface area contributed by atoms with Gasteiger partial charge >= 0.3 is 0 Å². The smallest absolute Gasteiger partial charge is 0.123 e. The molecular formula is C13H20FNO2. The molecule has 2 atom stereocenters. The molecule has 0 fully saturated rings. The minimum atomic E-state index is -1.02. The van der Waals surface area contributed by atoms with Crippen LogP contribution in [0, 0.1) is 5.82 Å². The molecule has 0 saturated carbocycles. The van der Waals surface area contributed by atoms with Crippen LogP contribution in [0.15, 0.2) is 24.3 Å². The van der Waals surface area contributed by atoms with Gasteiger partial charge in [-0.1, -0.05) is 12.1 Å². The number of nitrogens with one attached hydrogen (secondary N) is 1. The van der Waals surface area contributed by atoms with Gasteiger partial charge in [-0.25, -0.2) is 4.39 Å². The normalized spacial score (nSPS) is 16.5. The van der Waals surface area contributed by atoms with Crippen LogP contribution in [0.1, 0.15) is 19.4 Å². The number of hydrogen-bond acceptors (Lipinski definition) is 3. The van der Waals surface area contributed by atoms with Crippen LogP contribution in [0.2, 0.25) is 0 Å². The molecule has 0 saturated heterocycles. The van der Waals surface area contributed by atoms with Crippen molar-refractivity contribution in [2.45, 2.75) is 25.5 Å². The predicted octanol–water partition coefficient (Wildman–Crippen LogP) is 1.66. The summed E-state index contributed by atoms with van der Waals surface area (Å²) in [4.78, 5) is 0. The summed E-state index contributed by atoms with van der Waals surface area (Å²) in [7, 11) is 1.64. The van der Waals surface area contributed by atoms with E-state index in [1.807, 2.05) is 6.92 Å². The van der Waals surface area contributed by atoms with Gasteiger partial charge in [-0.2, -0.15) is 0 Å². The molecule has 0 spiro atoms. The molecule has 0 bridgehead atoms. The molecule has 0 aliphatic carbocycles. The van der Waals surface area contributed by atoms with Gasteiger partial charge < -0.3 is 15.2 Å². The number of ether oxygens (including phenoxy) is 1. The van der Waals surface area contributed by atoms with E-state index in [2.05, 4.69) is 5.32 Å². The van der Waals surface area contributed by atoms with Crippen molar-refractivity contribution in [1.29, 1.82) is 0 Å². The largest absolute Gasteiger partial charge is 0.384 e. The van der Waals surface area contributed by atoms with E-state index in [-0.39, 0.29) is 11.9 Å². The Hall–Kier alpha value is -0.970. The van der Waals surface area contributed by atoms with Gasteiger partial charge in [0, 0.05) is 19.7 Å². The molecule has 1 aromatic carbocycles. The summed E-state index contributed by atoms with van der Waals surface area (Å²) in [6, 6.07) is 6.05. The summed E-state index contributed by atoms with van der Waals surface area (Å²) >= 11 is 0. The highest BCUT2D eigenvalue weighted by molar-refractivity contribution is 5.22. The lowest BCUT2D eigenvalue weighted by molar-refractivity contribution is 0.0499. The Balaban J connectivity index is 2.58. The maximum atomic E-state index is 12.8. The fourth-order valence-corrected chi connectivity index (χ4v) is 1.59. The number of halogens is 1. The van der Waals surface area contributed by atoms with Gasteiger partial charge in [0.1, 0.15) is 5.82 Å². The first kappa shape index (κ1) is 14.1. The van der Waals surface area contributed by atoms with Gasteiger partial charge in [0.2, 0.25) is 0 Å². The maximum absolute atomic E-state index is 12.8. The summed E-state index contributed by atoms with van der Waals surface area (Å²) in [6.07, 6.45) is 0. The molecule has 1 aromatic rings.